The van der Waals surface area contributed by atoms with Gasteiger partial charge in [0, 0.05) is 25.2 Å². The quantitative estimate of drug-likeness (QED) is 0.380. The molecule has 0 aliphatic rings. The number of anilines is 1. The highest BCUT2D eigenvalue weighted by molar-refractivity contribution is 7.89. The predicted molar refractivity (Wildman–Crippen MR) is 125 cm³/mol. The third-order valence-corrected chi connectivity index (χ3v) is 7.70. The van der Waals surface area contributed by atoms with Crippen LogP contribution in [0.25, 0.3) is 0 Å². The third kappa shape index (κ3) is 8.34. The van der Waals surface area contributed by atoms with Gasteiger partial charge in [-0.2, -0.15) is 0 Å². The fraction of sp³-hybridized carbons (Fsp3) is 0.409. The maximum atomic E-state index is 12.3. The van der Waals surface area contributed by atoms with Gasteiger partial charge in [0.2, 0.25) is 26.0 Å². The molecule has 2 aromatic rings. The van der Waals surface area contributed by atoms with E-state index in [1.807, 2.05) is 6.92 Å². The van der Waals surface area contributed by atoms with Gasteiger partial charge in [-0.1, -0.05) is 43.9 Å². The lowest BCUT2D eigenvalue weighted by Gasteiger charge is -2.09. The number of hydrogen-bond donors (Lipinski definition) is 3. The molecule has 3 N–H and O–H groups in total. The van der Waals surface area contributed by atoms with Crippen molar-refractivity contribution in [3.05, 3.63) is 54.1 Å². The first-order chi connectivity index (χ1) is 15.1. The lowest BCUT2D eigenvalue weighted by molar-refractivity contribution is -0.116. The molecule has 0 aliphatic carbocycles. The van der Waals surface area contributed by atoms with Crippen LogP contribution in [0.15, 0.2) is 58.3 Å². The molecule has 0 bridgehead atoms. The number of carbonyl (C=O) groups excluding carboxylic acids is 1. The van der Waals surface area contributed by atoms with E-state index in [0.29, 0.717) is 12.2 Å². The van der Waals surface area contributed by atoms with Crippen LogP contribution in [0, 0.1) is 6.92 Å². The Bertz CT molecular complexity index is 1080. The van der Waals surface area contributed by atoms with E-state index in [2.05, 4.69) is 21.7 Å². The Labute approximate surface area is 190 Å². The van der Waals surface area contributed by atoms with Gasteiger partial charge in [0.1, 0.15) is 0 Å². The van der Waals surface area contributed by atoms with E-state index < -0.39 is 20.0 Å². The number of rotatable bonds is 13. The zero-order valence-electron chi connectivity index (χ0n) is 18.4. The van der Waals surface area contributed by atoms with Gasteiger partial charge in [-0.15, -0.1) is 0 Å². The van der Waals surface area contributed by atoms with Crippen molar-refractivity contribution in [2.75, 3.05) is 18.4 Å². The Morgan fingerprint density at radius 3 is 1.84 bits per heavy atom. The minimum Gasteiger partial charge on any atom is -0.326 e. The molecule has 1 amide bonds. The fourth-order valence-electron chi connectivity index (χ4n) is 2.88. The van der Waals surface area contributed by atoms with E-state index in [0.717, 1.165) is 31.2 Å². The number of nitrogens with one attached hydrogen (secondary N) is 3. The number of carbonyl (C=O) groups is 1. The van der Waals surface area contributed by atoms with Crippen LogP contribution in [0.4, 0.5) is 5.69 Å². The Hall–Kier alpha value is -2.27. The Morgan fingerprint density at radius 2 is 1.28 bits per heavy atom. The lowest BCUT2D eigenvalue weighted by atomic mass is 10.2. The lowest BCUT2D eigenvalue weighted by Crippen LogP contribution is -2.28. The molecule has 176 valence electrons. The number of sulfonamides is 2. The van der Waals surface area contributed by atoms with Gasteiger partial charge in [0.15, 0.2) is 0 Å². The Kier molecular flexibility index (Phi) is 9.83. The summed E-state index contributed by atoms with van der Waals surface area (Å²) in [4.78, 5) is 12.4. The van der Waals surface area contributed by atoms with Crippen LogP contribution in [-0.2, 0) is 24.8 Å². The van der Waals surface area contributed by atoms with Gasteiger partial charge in [-0.25, -0.2) is 26.3 Å². The second-order valence-corrected chi connectivity index (χ2v) is 11.0. The van der Waals surface area contributed by atoms with E-state index in [9.17, 15) is 21.6 Å². The van der Waals surface area contributed by atoms with Gasteiger partial charge >= 0.3 is 0 Å². The Balaban J connectivity index is 1.81. The molecular formula is C22H31N3O5S2. The highest BCUT2D eigenvalue weighted by Gasteiger charge is 2.15. The summed E-state index contributed by atoms with van der Waals surface area (Å²) >= 11 is 0. The van der Waals surface area contributed by atoms with E-state index in [1.165, 1.54) is 36.4 Å². The van der Waals surface area contributed by atoms with Crippen molar-refractivity contribution in [2.45, 2.75) is 55.7 Å². The summed E-state index contributed by atoms with van der Waals surface area (Å²) < 4.78 is 54.1. The molecule has 2 aromatic carbocycles. The summed E-state index contributed by atoms with van der Waals surface area (Å²) in [7, 11) is -7.28. The first kappa shape index (κ1) is 26.0. The average Bonchev–Trinajstić information content (AvgIpc) is 2.74. The van der Waals surface area contributed by atoms with Crippen molar-refractivity contribution >= 4 is 31.6 Å². The van der Waals surface area contributed by atoms with Crippen molar-refractivity contribution in [2.24, 2.45) is 0 Å². The molecule has 0 aliphatic heterocycles. The molecule has 32 heavy (non-hydrogen) atoms. The zero-order chi connectivity index (χ0) is 23.6. The summed E-state index contributed by atoms with van der Waals surface area (Å²) in [6.45, 7) is 4.28. The first-order valence-corrected chi connectivity index (χ1v) is 13.6. The molecule has 2 rings (SSSR count). The summed E-state index contributed by atoms with van der Waals surface area (Å²) in [5.74, 6) is -0.388. The van der Waals surface area contributed by atoms with Crippen LogP contribution >= 0.6 is 0 Å². The number of unbranched alkanes of at least 4 members (excludes halogenated alkanes) is 3. The molecule has 0 fully saturated rings. The van der Waals surface area contributed by atoms with Crippen LogP contribution in [0.5, 0.6) is 0 Å². The third-order valence-electron chi connectivity index (χ3n) is 4.75. The van der Waals surface area contributed by atoms with Gasteiger partial charge in [-0.05, 0) is 49.7 Å². The maximum absolute atomic E-state index is 12.3. The van der Waals surface area contributed by atoms with E-state index in [4.69, 9.17) is 0 Å². The van der Waals surface area contributed by atoms with Crippen molar-refractivity contribution in [1.82, 2.24) is 9.44 Å². The second-order valence-electron chi connectivity index (χ2n) is 7.49. The molecule has 0 atom stereocenters. The number of aryl methyl sites for hydroxylation is 1. The minimum atomic E-state index is -3.68. The number of amides is 1. The standard InChI is InChI=1S/C22H31N3O5S2/c1-3-4-5-6-16-23-31(27,28)21-13-9-19(10-14-21)25-22(26)15-17-24-32(29,30)20-11-7-18(2)8-12-20/h7-14,23-24H,3-6,15-17H2,1-2H3,(H,25,26). The van der Waals surface area contributed by atoms with Gasteiger partial charge in [0.05, 0.1) is 9.79 Å². The topological polar surface area (TPSA) is 121 Å². The summed E-state index contributed by atoms with van der Waals surface area (Å²) in [5.41, 5.74) is 1.38. The molecule has 0 saturated carbocycles. The van der Waals surface area contributed by atoms with Gasteiger partial charge < -0.3 is 5.32 Å². The van der Waals surface area contributed by atoms with E-state index in [1.54, 1.807) is 12.1 Å². The minimum absolute atomic E-state index is 0.0591. The second kappa shape index (κ2) is 12.1. The molecule has 0 heterocycles. The fourth-order valence-corrected chi connectivity index (χ4v) is 4.99. The molecule has 10 heteroatoms. The van der Waals surface area contributed by atoms with Gasteiger partial charge in [-0.3, -0.25) is 4.79 Å². The maximum Gasteiger partial charge on any atom is 0.240 e. The molecule has 0 spiro atoms. The predicted octanol–water partition coefficient (Wildman–Crippen LogP) is 3.16. The molecule has 0 aromatic heterocycles. The van der Waals surface area contributed by atoms with Crippen LogP contribution < -0.4 is 14.8 Å². The molecule has 0 unspecified atom stereocenters. The van der Waals surface area contributed by atoms with Gasteiger partial charge in [0.25, 0.3) is 0 Å². The van der Waals surface area contributed by atoms with Crippen LogP contribution in [0.1, 0.15) is 44.6 Å². The number of hydrogen-bond acceptors (Lipinski definition) is 5. The highest BCUT2D eigenvalue weighted by atomic mass is 32.2. The number of benzene rings is 2. The SMILES string of the molecule is CCCCCCNS(=O)(=O)c1ccc(NC(=O)CCNS(=O)(=O)c2ccc(C)cc2)cc1. The summed E-state index contributed by atoms with van der Waals surface area (Å²) in [5, 5.41) is 2.63. The molecule has 0 radical (unpaired) electrons. The highest BCUT2D eigenvalue weighted by Crippen LogP contribution is 2.15. The normalized spacial score (nSPS) is 11.9. The molecular weight excluding hydrogens is 450 g/mol. The molecule has 0 saturated heterocycles. The smallest absolute Gasteiger partial charge is 0.240 e. The zero-order valence-corrected chi connectivity index (χ0v) is 20.1. The average molecular weight is 482 g/mol. The Morgan fingerprint density at radius 1 is 0.750 bits per heavy atom. The largest absolute Gasteiger partial charge is 0.326 e. The van der Waals surface area contributed by atoms with E-state index in [-0.39, 0.29) is 28.7 Å². The summed E-state index contributed by atoms with van der Waals surface area (Å²) in [6, 6.07) is 12.3. The van der Waals surface area contributed by atoms with Crippen molar-refractivity contribution in [3.8, 4) is 0 Å². The molecule has 8 nitrogen and oxygen atoms in total. The van der Waals surface area contributed by atoms with Crippen molar-refractivity contribution < 1.29 is 21.6 Å². The first-order valence-electron chi connectivity index (χ1n) is 10.6. The van der Waals surface area contributed by atoms with Crippen molar-refractivity contribution in [3.63, 3.8) is 0 Å². The monoisotopic (exact) mass is 481 g/mol. The van der Waals surface area contributed by atoms with E-state index >= 15 is 0 Å². The van der Waals surface area contributed by atoms with Crippen LogP contribution in [0.2, 0.25) is 0 Å². The van der Waals surface area contributed by atoms with Crippen LogP contribution in [-0.4, -0.2) is 35.8 Å². The van der Waals surface area contributed by atoms with Crippen molar-refractivity contribution in [1.29, 1.82) is 0 Å². The van der Waals surface area contributed by atoms with Crippen LogP contribution in [0.3, 0.4) is 0 Å². The summed E-state index contributed by atoms with van der Waals surface area (Å²) in [6.07, 6.45) is 3.85.